The Labute approximate surface area is 163 Å². The molecule has 1 atom stereocenters. The third-order valence-corrected chi connectivity index (χ3v) is 8.21. The van der Waals surface area contributed by atoms with E-state index >= 15 is 0 Å². The number of hydrogen-bond acceptors (Lipinski definition) is 0. The quantitative estimate of drug-likeness (QED) is 0.462. The van der Waals surface area contributed by atoms with Gasteiger partial charge in [0.25, 0.3) is 0 Å². The van der Waals surface area contributed by atoms with E-state index in [1.165, 1.54) is 12.3 Å². The highest BCUT2D eigenvalue weighted by Gasteiger charge is 2.41. The van der Waals surface area contributed by atoms with Crippen LogP contribution in [0.3, 0.4) is 0 Å². The molecule has 2 heteroatoms. The normalized spacial score (nSPS) is 24.0. The Morgan fingerprint density at radius 3 is 2.64 bits per heavy atom. The van der Waals surface area contributed by atoms with E-state index in [2.05, 4.69) is 0 Å². The highest BCUT2D eigenvalue weighted by atomic mass is 28.3. The smallest absolute Gasteiger partial charge is 0.201 e. The highest BCUT2D eigenvalue weighted by Crippen LogP contribution is 2.35. The van der Waals surface area contributed by atoms with E-state index < -0.39 is 28.3 Å². The second kappa shape index (κ2) is 5.40. The molecule has 2 aromatic carbocycles. The van der Waals surface area contributed by atoms with Crippen molar-refractivity contribution < 1.29 is 15.5 Å². The van der Waals surface area contributed by atoms with Gasteiger partial charge in [-0.25, -0.2) is 4.57 Å². The first-order chi connectivity index (χ1) is 15.2. The molecule has 1 nitrogen and oxygen atoms in total. The van der Waals surface area contributed by atoms with Gasteiger partial charge in [-0.1, -0.05) is 49.4 Å². The van der Waals surface area contributed by atoms with E-state index in [1.54, 1.807) is 11.6 Å². The largest absolute Gasteiger partial charge is 0.215 e. The Bertz CT molecular complexity index is 1260. The molecule has 0 amide bonds. The van der Waals surface area contributed by atoms with Crippen molar-refractivity contribution in [3.8, 4) is 22.4 Å². The van der Waals surface area contributed by atoms with E-state index in [0.29, 0.717) is 11.3 Å². The zero-order valence-electron chi connectivity index (χ0n) is 22.6. The summed E-state index contributed by atoms with van der Waals surface area (Å²) in [4.78, 5) is 0. The van der Waals surface area contributed by atoms with Crippen molar-refractivity contribution >= 4 is 18.4 Å². The molecule has 0 saturated carbocycles. The van der Waals surface area contributed by atoms with Crippen molar-refractivity contribution in [1.82, 2.24) is 0 Å². The van der Waals surface area contributed by atoms with Crippen LogP contribution < -0.4 is 14.9 Å². The molecule has 0 radical (unpaired) electrons. The van der Waals surface area contributed by atoms with Crippen LogP contribution in [0.2, 0.25) is 13.0 Å². The molecule has 3 aromatic rings. The van der Waals surface area contributed by atoms with E-state index in [-0.39, 0.29) is 11.1 Å². The number of nitrogens with zero attached hydrogens (tertiary/aromatic N) is 1. The third kappa shape index (κ3) is 2.24. The van der Waals surface area contributed by atoms with Gasteiger partial charge in [-0.05, 0) is 53.8 Å². The Kier molecular flexibility index (Phi) is 2.05. The van der Waals surface area contributed by atoms with Gasteiger partial charge in [-0.3, -0.25) is 0 Å². The highest BCUT2D eigenvalue weighted by molar-refractivity contribution is 7.04. The molecule has 0 saturated heterocycles. The Morgan fingerprint density at radius 2 is 1.88 bits per heavy atom. The van der Waals surface area contributed by atoms with Crippen LogP contribution in [0.25, 0.3) is 22.4 Å². The Balaban J connectivity index is 2.17. The minimum absolute atomic E-state index is 0.0533. The molecule has 0 spiro atoms. The number of fused-ring (bicyclic) bond motifs is 3. The van der Waals surface area contributed by atoms with Crippen LogP contribution in [0, 0.1) is 20.7 Å². The summed E-state index contributed by atoms with van der Waals surface area (Å²) in [5, 5.41) is 1.62. The zero-order valence-corrected chi connectivity index (χ0v) is 15.6. The van der Waals surface area contributed by atoms with Crippen molar-refractivity contribution in [2.75, 3.05) is 0 Å². The fourth-order valence-corrected chi connectivity index (χ4v) is 7.14. The summed E-state index contributed by atoms with van der Waals surface area (Å²) in [6.45, 7) is -2.28. The van der Waals surface area contributed by atoms with Gasteiger partial charge >= 0.3 is 0 Å². The number of hydrogen-bond donors (Lipinski definition) is 0. The first-order valence-corrected chi connectivity index (χ1v) is 10.8. The van der Waals surface area contributed by atoms with Crippen molar-refractivity contribution in [2.45, 2.75) is 33.7 Å². The SMILES string of the molecule is [2H]C([2H])c1cc(C([2H])([2H])[2H])c[n+](C)c1-c1c(C)ccc2c1[Si](C)(C([2H])([2H])[2H])c1ccccc1-2. The monoisotopic (exact) mass is 352 g/mol. The molecule has 1 unspecified atom stereocenters. The number of rotatable bonds is 1. The predicted octanol–water partition coefficient (Wildman–Crippen LogP) is 3.91. The third-order valence-electron chi connectivity index (χ3n) is 5.18. The molecule has 1 aromatic heterocycles. The number of aromatic nitrogens is 1. The molecular formula is C23H26NSi+. The van der Waals surface area contributed by atoms with Gasteiger partial charge in [-0.2, -0.15) is 0 Å². The molecule has 0 N–H and O–H groups in total. The van der Waals surface area contributed by atoms with Gasteiger partial charge in [0.05, 0.1) is 0 Å². The molecule has 0 aliphatic carbocycles. The van der Waals surface area contributed by atoms with Gasteiger partial charge in [0.2, 0.25) is 5.69 Å². The summed E-state index contributed by atoms with van der Waals surface area (Å²) < 4.78 is 67.2. The number of aryl methyl sites for hydroxylation is 4. The average Bonchev–Trinajstić information content (AvgIpc) is 2.97. The Hall–Kier alpha value is -2.19. The Morgan fingerprint density at radius 1 is 1.04 bits per heavy atom. The summed E-state index contributed by atoms with van der Waals surface area (Å²) in [5.74, 6) is 0. The van der Waals surface area contributed by atoms with E-state index in [4.69, 9.17) is 11.0 Å². The molecule has 1 aliphatic rings. The minimum atomic E-state index is -3.27. The molecule has 4 rings (SSSR count). The lowest BCUT2D eigenvalue weighted by atomic mass is 9.95. The van der Waals surface area contributed by atoms with Crippen LogP contribution in [-0.4, -0.2) is 8.07 Å². The van der Waals surface area contributed by atoms with Crippen molar-refractivity contribution in [3.63, 3.8) is 0 Å². The van der Waals surface area contributed by atoms with Crippen LogP contribution in [0.1, 0.15) is 27.7 Å². The van der Waals surface area contributed by atoms with Crippen LogP contribution in [0.4, 0.5) is 0 Å². The second-order valence-corrected chi connectivity index (χ2v) is 10.3. The van der Waals surface area contributed by atoms with Crippen molar-refractivity contribution in [3.05, 3.63) is 65.4 Å². The lowest BCUT2D eigenvalue weighted by molar-refractivity contribution is -0.661. The predicted molar refractivity (Wildman–Crippen MR) is 109 cm³/mol. The molecule has 1 aliphatic heterocycles. The van der Waals surface area contributed by atoms with E-state index in [0.717, 1.165) is 27.1 Å². The molecule has 0 fully saturated rings. The van der Waals surface area contributed by atoms with Crippen LogP contribution in [0.15, 0.2) is 48.7 Å². The van der Waals surface area contributed by atoms with Crippen LogP contribution in [-0.2, 0) is 7.05 Å². The first kappa shape index (κ1) is 9.49. The maximum absolute atomic E-state index is 8.56. The molecule has 2 heterocycles. The standard InChI is InChI=1S/C23H26NSi/c1-15-13-17(3)22(24(4)14-15)21-16(2)11-12-19-18-9-7-8-10-20(18)25(5,6)23(19)21/h7-14H,1-6H3/q+1/i1D3,3D2,5D3. The van der Waals surface area contributed by atoms with Gasteiger partial charge < -0.3 is 0 Å². The number of benzene rings is 2. The van der Waals surface area contributed by atoms with E-state index in [1.807, 2.05) is 49.9 Å². The lowest BCUT2D eigenvalue weighted by Gasteiger charge is -2.23. The molecule has 0 bridgehead atoms. The van der Waals surface area contributed by atoms with Gasteiger partial charge in [-0.15, -0.1) is 0 Å². The molecule has 126 valence electrons. The summed E-state index contributed by atoms with van der Waals surface area (Å²) in [5.41, 5.74) is 4.16. The summed E-state index contributed by atoms with van der Waals surface area (Å²) in [7, 11) is -1.57. The lowest BCUT2D eigenvalue weighted by Crippen LogP contribution is -2.51. The van der Waals surface area contributed by atoms with Gasteiger partial charge in [0.1, 0.15) is 15.1 Å². The van der Waals surface area contributed by atoms with Crippen molar-refractivity contribution in [1.29, 1.82) is 0 Å². The van der Waals surface area contributed by atoms with Crippen LogP contribution >= 0.6 is 0 Å². The average molecular weight is 353 g/mol. The van der Waals surface area contributed by atoms with Gasteiger partial charge in [0.15, 0.2) is 6.20 Å². The van der Waals surface area contributed by atoms with Crippen molar-refractivity contribution in [2.24, 2.45) is 7.05 Å². The van der Waals surface area contributed by atoms with E-state index in [9.17, 15) is 0 Å². The summed E-state index contributed by atoms with van der Waals surface area (Å²) in [6, 6.07) is 12.9. The maximum Gasteiger partial charge on any atom is 0.215 e. The summed E-state index contributed by atoms with van der Waals surface area (Å²) >= 11 is 0. The fourth-order valence-electron chi connectivity index (χ4n) is 4.12. The summed E-state index contributed by atoms with van der Waals surface area (Å²) in [6.07, 6.45) is 1.50. The number of pyridine rings is 1. The minimum Gasteiger partial charge on any atom is -0.201 e. The second-order valence-electron chi connectivity index (χ2n) is 6.99. The topological polar surface area (TPSA) is 3.88 Å². The van der Waals surface area contributed by atoms with Gasteiger partial charge in [0, 0.05) is 27.7 Å². The molecular weight excluding hydrogens is 318 g/mol. The maximum atomic E-state index is 8.56. The fraction of sp³-hybridized carbons (Fsp3) is 0.261. The zero-order chi connectivity index (χ0) is 24.5. The molecule has 25 heavy (non-hydrogen) atoms. The van der Waals surface area contributed by atoms with Crippen LogP contribution in [0.5, 0.6) is 0 Å². The first-order valence-electron chi connectivity index (χ1n) is 12.5.